The van der Waals surface area contributed by atoms with Crippen molar-refractivity contribution < 1.29 is 0 Å². The van der Waals surface area contributed by atoms with Gasteiger partial charge in [-0.2, -0.15) is 0 Å². The molecule has 1 heterocycles. The molecule has 0 aliphatic rings. The maximum Gasteiger partial charge on any atom is 0.0931 e. The van der Waals surface area contributed by atoms with E-state index >= 15 is 0 Å². The van der Waals surface area contributed by atoms with E-state index in [1.54, 1.807) is 11.3 Å². The molecule has 0 spiro atoms. The van der Waals surface area contributed by atoms with E-state index < -0.39 is 0 Å². The molecule has 0 amide bonds. The quantitative estimate of drug-likeness (QED) is 0.700. The van der Waals surface area contributed by atoms with Crippen molar-refractivity contribution in [3.8, 4) is 0 Å². The van der Waals surface area contributed by atoms with E-state index in [-0.39, 0.29) is 0 Å². The third-order valence-electron chi connectivity index (χ3n) is 3.25. The summed E-state index contributed by atoms with van der Waals surface area (Å²) in [6, 6.07) is 16.4. The molecule has 1 aromatic heterocycles. The standard InChI is InChI=1S/C16H15ClN2S/c17-16-6-5-14(20-16)10-19-9-13-7-11-3-1-2-4-12(11)8-15(13)18/h1-8,19H,9-10,18H2. The topological polar surface area (TPSA) is 38.0 Å². The summed E-state index contributed by atoms with van der Waals surface area (Å²) in [5, 5.41) is 5.81. The summed E-state index contributed by atoms with van der Waals surface area (Å²) in [5.74, 6) is 0. The Balaban J connectivity index is 1.72. The van der Waals surface area contributed by atoms with Gasteiger partial charge in [-0.25, -0.2) is 0 Å². The summed E-state index contributed by atoms with van der Waals surface area (Å²) in [4.78, 5) is 1.23. The first-order valence-electron chi connectivity index (χ1n) is 6.44. The van der Waals surface area contributed by atoms with Crippen LogP contribution in [0.15, 0.2) is 48.5 Å². The molecule has 2 nitrogen and oxygen atoms in total. The molecule has 0 bridgehead atoms. The van der Waals surface area contributed by atoms with Crippen LogP contribution in [0, 0.1) is 0 Å². The van der Waals surface area contributed by atoms with Crippen molar-refractivity contribution in [3.05, 3.63) is 63.3 Å². The highest BCUT2D eigenvalue weighted by atomic mass is 35.5. The Morgan fingerprint density at radius 3 is 2.45 bits per heavy atom. The average Bonchev–Trinajstić information content (AvgIpc) is 2.85. The smallest absolute Gasteiger partial charge is 0.0931 e. The Hall–Kier alpha value is -1.55. The minimum atomic E-state index is 0.756. The van der Waals surface area contributed by atoms with Crippen molar-refractivity contribution in [2.75, 3.05) is 5.73 Å². The lowest BCUT2D eigenvalue weighted by molar-refractivity contribution is 0.703. The van der Waals surface area contributed by atoms with Gasteiger partial charge in [0.1, 0.15) is 0 Å². The molecule has 20 heavy (non-hydrogen) atoms. The summed E-state index contributed by atoms with van der Waals surface area (Å²) in [5.41, 5.74) is 8.08. The fourth-order valence-electron chi connectivity index (χ4n) is 2.23. The minimum Gasteiger partial charge on any atom is -0.398 e. The lowest BCUT2D eigenvalue weighted by Gasteiger charge is -2.09. The number of benzene rings is 2. The first kappa shape index (κ1) is 13.4. The summed E-state index contributed by atoms with van der Waals surface area (Å²) >= 11 is 7.52. The second kappa shape index (κ2) is 5.83. The van der Waals surface area contributed by atoms with Crippen molar-refractivity contribution >= 4 is 39.4 Å². The van der Waals surface area contributed by atoms with Crippen LogP contribution in [0.1, 0.15) is 10.4 Å². The van der Waals surface area contributed by atoms with Gasteiger partial charge in [0.15, 0.2) is 0 Å². The van der Waals surface area contributed by atoms with Gasteiger partial charge in [-0.15, -0.1) is 11.3 Å². The number of fused-ring (bicyclic) bond motifs is 1. The van der Waals surface area contributed by atoms with E-state index in [4.69, 9.17) is 17.3 Å². The van der Waals surface area contributed by atoms with Crippen molar-refractivity contribution in [1.82, 2.24) is 5.32 Å². The molecule has 0 atom stereocenters. The summed E-state index contributed by atoms with van der Waals surface area (Å²) in [6.45, 7) is 1.57. The molecule has 0 saturated heterocycles. The lowest BCUT2D eigenvalue weighted by Crippen LogP contribution is -2.13. The van der Waals surface area contributed by atoms with Gasteiger partial charge in [0.25, 0.3) is 0 Å². The maximum absolute atomic E-state index is 6.11. The van der Waals surface area contributed by atoms with Crippen LogP contribution in [-0.2, 0) is 13.1 Å². The number of halogens is 1. The largest absolute Gasteiger partial charge is 0.398 e. The molecule has 3 rings (SSSR count). The third kappa shape index (κ3) is 2.96. The van der Waals surface area contributed by atoms with E-state index in [0.29, 0.717) is 0 Å². The predicted octanol–water partition coefficient (Wildman–Crippen LogP) is 4.43. The summed E-state index contributed by atoms with van der Waals surface area (Å²) in [6.07, 6.45) is 0. The molecule has 0 radical (unpaired) electrons. The second-order valence-electron chi connectivity index (χ2n) is 4.71. The monoisotopic (exact) mass is 302 g/mol. The normalized spacial score (nSPS) is 11.1. The van der Waals surface area contributed by atoms with E-state index in [2.05, 4.69) is 23.5 Å². The highest BCUT2D eigenvalue weighted by Gasteiger charge is 2.03. The molecule has 102 valence electrons. The van der Waals surface area contributed by atoms with Crippen LogP contribution in [0.3, 0.4) is 0 Å². The molecule has 0 fully saturated rings. The van der Waals surface area contributed by atoms with Crippen LogP contribution in [0.25, 0.3) is 10.8 Å². The Kier molecular flexibility index (Phi) is 3.92. The molecule has 0 aliphatic carbocycles. The van der Waals surface area contributed by atoms with Gasteiger partial charge in [0.05, 0.1) is 4.34 Å². The van der Waals surface area contributed by atoms with Crippen molar-refractivity contribution in [1.29, 1.82) is 0 Å². The molecule has 3 aromatic rings. The van der Waals surface area contributed by atoms with E-state index in [9.17, 15) is 0 Å². The Bertz CT molecular complexity index is 736. The zero-order valence-electron chi connectivity index (χ0n) is 10.9. The number of thiophene rings is 1. The molecular formula is C16H15ClN2S. The Labute approximate surface area is 127 Å². The number of hydrogen-bond donors (Lipinski definition) is 2. The SMILES string of the molecule is Nc1cc2ccccc2cc1CNCc1ccc(Cl)s1. The summed E-state index contributed by atoms with van der Waals surface area (Å²) < 4.78 is 0.826. The van der Waals surface area contributed by atoms with E-state index in [1.807, 2.05) is 30.3 Å². The number of rotatable bonds is 4. The first-order chi connectivity index (χ1) is 9.72. The Morgan fingerprint density at radius 2 is 1.75 bits per heavy atom. The van der Waals surface area contributed by atoms with Gasteiger partial charge >= 0.3 is 0 Å². The van der Waals surface area contributed by atoms with Gasteiger partial charge in [-0.3, -0.25) is 0 Å². The fraction of sp³-hybridized carbons (Fsp3) is 0.125. The number of nitrogens with two attached hydrogens (primary N) is 1. The molecule has 0 unspecified atom stereocenters. The van der Waals surface area contributed by atoms with E-state index in [1.165, 1.54) is 15.6 Å². The second-order valence-corrected chi connectivity index (χ2v) is 6.51. The molecule has 0 aliphatic heterocycles. The third-order valence-corrected chi connectivity index (χ3v) is 4.48. The number of anilines is 1. The Morgan fingerprint density at radius 1 is 1.00 bits per heavy atom. The number of hydrogen-bond acceptors (Lipinski definition) is 3. The molecule has 0 saturated carbocycles. The predicted molar refractivity (Wildman–Crippen MR) is 88.2 cm³/mol. The van der Waals surface area contributed by atoms with Crippen LogP contribution >= 0.6 is 22.9 Å². The van der Waals surface area contributed by atoms with Crippen LogP contribution in [0.4, 0.5) is 5.69 Å². The number of nitrogen functional groups attached to an aromatic ring is 1. The molecule has 4 heteroatoms. The zero-order valence-corrected chi connectivity index (χ0v) is 12.5. The van der Waals surface area contributed by atoms with Crippen LogP contribution in [-0.4, -0.2) is 0 Å². The highest BCUT2D eigenvalue weighted by Crippen LogP contribution is 2.23. The highest BCUT2D eigenvalue weighted by molar-refractivity contribution is 7.16. The number of nitrogens with one attached hydrogen (secondary N) is 1. The zero-order chi connectivity index (χ0) is 13.9. The van der Waals surface area contributed by atoms with Crippen LogP contribution < -0.4 is 11.1 Å². The van der Waals surface area contributed by atoms with Gasteiger partial charge in [0.2, 0.25) is 0 Å². The fourth-order valence-corrected chi connectivity index (χ4v) is 3.28. The maximum atomic E-state index is 6.11. The van der Waals surface area contributed by atoms with E-state index in [0.717, 1.165) is 28.7 Å². The van der Waals surface area contributed by atoms with Gasteiger partial charge in [-0.1, -0.05) is 35.9 Å². The summed E-state index contributed by atoms with van der Waals surface area (Å²) in [7, 11) is 0. The van der Waals surface area contributed by atoms with Crippen molar-refractivity contribution in [2.45, 2.75) is 13.1 Å². The van der Waals surface area contributed by atoms with Crippen molar-refractivity contribution in [3.63, 3.8) is 0 Å². The van der Waals surface area contributed by atoms with Gasteiger partial charge in [0, 0.05) is 23.7 Å². The first-order valence-corrected chi connectivity index (χ1v) is 7.64. The molecule has 3 N–H and O–H groups in total. The van der Waals surface area contributed by atoms with Crippen LogP contribution in [0.2, 0.25) is 4.34 Å². The average molecular weight is 303 g/mol. The lowest BCUT2D eigenvalue weighted by atomic mass is 10.1. The molecule has 2 aromatic carbocycles. The minimum absolute atomic E-state index is 0.756. The van der Waals surface area contributed by atoms with Gasteiger partial charge < -0.3 is 11.1 Å². The van der Waals surface area contributed by atoms with Crippen LogP contribution in [0.5, 0.6) is 0 Å². The van der Waals surface area contributed by atoms with Gasteiger partial charge in [-0.05, 0) is 40.6 Å². The van der Waals surface area contributed by atoms with Crippen molar-refractivity contribution in [2.24, 2.45) is 0 Å². The molecular weight excluding hydrogens is 288 g/mol.